The van der Waals surface area contributed by atoms with Crippen LogP contribution in [0.5, 0.6) is 5.75 Å². The lowest BCUT2D eigenvalue weighted by molar-refractivity contribution is -0.274. The standard InChI is InChI=1S/C18H19F3N2O4S3/c1-22(12-13-2-4-14(5-3-13)27-18(19,20)21)17(24)16-15(6-9-29-16)30(25,26)23-7-10-28-11-8-23/h2-6,9H,7-8,10-12H2,1H3. The lowest BCUT2D eigenvalue weighted by atomic mass is 10.2. The monoisotopic (exact) mass is 480 g/mol. The predicted molar refractivity (Wildman–Crippen MR) is 109 cm³/mol. The van der Waals surface area contributed by atoms with Gasteiger partial charge in [0.05, 0.1) is 0 Å². The fraction of sp³-hybridized carbons (Fsp3) is 0.389. The van der Waals surface area contributed by atoms with Crippen LogP contribution in [0.1, 0.15) is 15.2 Å². The molecule has 1 aromatic heterocycles. The van der Waals surface area contributed by atoms with Crippen LogP contribution >= 0.6 is 23.1 Å². The zero-order chi connectivity index (χ0) is 21.9. The Morgan fingerprint density at radius 3 is 2.40 bits per heavy atom. The summed E-state index contributed by atoms with van der Waals surface area (Å²) in [6, 6.07) is 6.60. The van der Waals surface area contributed by atoms with Gasteiger partial charge in [-0.15, -0.1) is 24.5 Å². The number of hydrogen-bond acceptors (Lipinski definition) is 6. The molecule has 1 amide bonds. The molecular formula is C18H19F3N2O4S3. The molecule has 1 aromatic carbocycles. The van der Waals surface area contributed by atoms with Crippen LogP contribution in [0, 0.1) is 0 Å². The first-order valence-electron chi connectivity index (χ1n) is 8.83. The third-order valence-electron chi connectivity index (χ3n) is 4.33. The zero-order valence-electron chi connectivity index (χ0n) is 15.9. The largest absolute Gasteiger partial charge is 0.573 e. The highest BCUT2D eigenvalue weighted by molar-refractivity contribution is 7.99. The van der Waals surface area contributed by atoms with Crippen molar-refractivity contribution in [1.29, 1.82) is 0 Å². The molecule has 3 rings (SSSR count). The van der Waals surface area contributed by atoms with Gasteiger partial charge in [0, 0.05) is 38.2 Å². The lowest BCUT2D eigenvalue weighted by Crippen LogP contribution is -2.38. The van der Waals surface area contributed by atoms with E-state index in [1.165, 1.54) is 34.5 Å². The SMILES string of the molecule is CN(Cc1ccc(OC(F)(F)F)cc1)C(=O)c1sccc1S(=O)(=O)N1CCSCC1. The normalized spacial score (nSPS) is 15.7. The third-order valence-corrected chi connectivity index (χ3v) is 8.25. The molecule has 2 aromatic rings. The number of ether oxygens (including phenoxy) is 1. The van der Waals surface area contributed by atoms with Gasteiger partial charge in [-0.2, -0.15) is 16.1 Å². The maximum Gasteiger partial charge on any atom is 0.573 e. The molecule has 1 saturated heterocycles. The lowest BCUT2D eigenvalue weighted by Gasteiger charge is -2.26. The van der Waals surface area contributed by atoms with Crippen LogP contribution in [-0.4, -0.2) is 61.5 Å². The van der Waals surface area contributed by atoms with Gasteiger partial charge in [0.15, 0.2) is 0 Å². The van der Waals surface area contributed by atoms with Gasteiger partial charge >= 0.3 is 6.36 Å². The quantitative estimate of drug-likeness (QED) is 0.632. The van der Waals surface area contributed by atoms with Crippen molar-refractivity contribution in [3.63, 3.8) is 0 Å². The molecule has 0 aliphatic carbocycles. The molecule has 1 fully saturated rings. The Labute approximate surface area is 180 Å². The van der Waals surface area contributed by atoms with E-state index in [1.807, 2.05) is 0 Å². The van der Waals surface area contributed by atoms with Gasteiger partial charge in [0.1, 0.15) is 15.5 Å². The van der Waals surface area contributed by atoms with Crippen molar-refractivity contribution < 1.29 is 31.1 Å². The molecule has 0 atom stereocenters. The van der Waals surface area contributed by atoms with Crippen LogP contribution in [0.2, 0.25) is 0 Å². The van der Waals surface area contributed by atoms with E-state index in [0.29, 0.717) is 30.2 Å². The highest BCUT2D eigenvalue weighted by Crippen LogP contribution is 2.29. The molecule has 0 radical (unpaired) electrons. The van der Waals surface area contributed by atoms with Gasteiger partial charge in [-0.1, -0.05) is 12.1 Å². The molecule has 0 unspecified atom stereocenters. The van der Waals surface area contributed by atoms with Crippen molar-refractivity contribution in [3.8, 4) is 5.75 Å². The maximum absolute atomic E-state index is 13.0. The fourth-order valence-electron chi connectivity index (χ4n) is 2.90. The van der Waals surface area contributed by atoms with Crippen molar-refractivity contribution in [3.05, 3.63) is 46.2 Å². The summed E-state index contributed by atoms with van der Waals surface area (Å²) in [4.78, 5) is 14.3. The van der Waals surface area contributed by atoms with E-state index in [1.54, 1.807) is 17.1 Å². The van der Waals surface area contributed by atoms with Gasteiger partial charge in [-0.3, -0.25) is 4.79 Å². The number of carbonyl (C=O) groups excluding carboxylic acids is 1. The number of benzene rings is 1. The number of alkyl halides is 3. The Morgan fingerprint density at radius 2 is 1.80 bits per heavy atom. The smallest absolute Gasteiger partial charge is 0.406 e. The molecule has 2 heterocycles. The summed E-state index contributed by atoms with van der Waals surface area (Å²) in [5.41, 5.74) is 0.578. The summed E-state index contributed by atoms with van der Waals surface area (Å²) in [6.07, 6.45) is -4.78. The van der Waals surface area contributed by atoms with Gasteiger partial charge in [-0.25, -0.2) is 8.42 Å². The Bertz CT molecular complexity index is 985. The first kappa shape index (κ1) is 22.9. The number of amides is 1. The summed E-state index contributed by atoms with van der Waals surface area (Å²) >= 11 is 2.73. The Hall–Kier alpha value is -1.76. The van der Waals surface area contributed by atoms with E-state index in [-0.39, 0.29) is 22.1 Å². The number of hydrogen-bond donors (Lipinski definition) is 0. The van der Waals surface area contributed by atoms with E-state index in [9.17, 15) is 26.4 Å². The number of carbonyl (C=O) groups is 1. The second-order valence-corrected chi connectivity index (χ2v) is 10.5. The molecule has 1 aliphatic rings. The fourth-order valence-corrected chi connectivity index (χ4v) is 6.86. The summed E-state index contributed by atoms with van der Waals surface area (Å²) < 4.78 is 67.9. The number of nitrogens with zero attached hydrogens (tertiary/aromatic N) is 2. The molecule has 0 saturated carbocycles. The molecule has 30 heavy (non-hydrogen) atoms. The van der Waals surface area contributed by atoms with E-state index < -0.39 is 22.3 Å². The average molecular weight is 481 g/mol. The van der Waals surface area contributed by atoms with Crippen molar-refractivity contribution in [2.45, 2.75) is 17.8 Å². The van der Waals surface area contributed by atoms with Gasteiger partial charge in [-0.05, 0) is 29.1 Å². The van der Waals surface area contributed by atoms with Crippen LogP contribution < -0.4 is 4.74 Å². The minimum atomic E-state index is -4.78. The van der Waals surface area contributed by atoms with Gasteiger partial charge in [0.2, 0.25) is 10.0 Å². The van der Waals surface area contributed by atoms with E-state index >= 15 is 0 Å². The number of sulfonamides is 1. The van der Waals surface area contributed by atoms with Crippen molar-refractivity contribution in [2.75, 3.05) is 31.6 Å². The molecule has 164 valence electrons. The molecule has 12 heteroatoms. The maximum atomic E-state index is 13.0. The molecule has 6 nitrogen and oxygen atoms in total. The Morgan fingerprint density at radius 1 is 1.17 bits per heavy atom. The minimum Gasteiger partial charge on any atom is -0.406 e. The van der Waals surface area contributed by atoms with Crippen LogP contribution in [-0.2, 0) is 16.6 Å². The third kappa shape index (κ3) is 5.48. The summed E-state index contributed by atoms with van der Waals surface area (Å²) in [5, 5.41) is 1.57. The average Bonchev–Trinajstić information content (AvgIpc) is 3.19. The number of halogens is 3. The molecule has 1 aliphatic heterocycles. The van der Waals surface area contributed by atoms with Crippen molar-refractivity contribution in [1.82, 2.24) is 9.21 Å². The number of thioether (sulfide) groups is 1. The van der Waals surface area contributed by atoms with E-state index in [2.05, 4.69) is 4.74 Å². The van der Waals surface area contributed by atoms with Gasteiger partial charge in [0.25, 0.3) is 5.91 Å². The van der Waals surface area contributed by atoms with E-state index in [4.69, 9.17) is 0 Å². The van der Waals surface area contributed by atoms with E-state index in [0.717, 1.165) is 23.5 Å². The number of thiophene rings is 1. The molecular weight excluding hydrogens is 461 g/mol. The van der Waals surface area contributed by atoms with Gasteiger partial charge < -0.3 is 9.64 Å². The minimum absolute atomic E-state index is 0.00910. The highest BCUT2D eigenvalue weighted by Gasteiger charge is 2.32. The van der Waals surface area contributed by atoms with Crippen LogP contribution in [0.25, 0.3) is 0 Å². The summed E-state index contributed by atoms with van der Waals surface area (Å²) in [6.45, 7) is 0.903. The molecule has 0 spiro atoms. The first-order chi connectivity index (χ1) is 14.1. The highest BCUT2D eigenvalue weighted by atomic mass is 32.2. The summed E-state index contributed by atoms with van der Waals surface area (Å²) in [7, 11) is -2.25. The molecule has 0 bridgehead atoms. The molecule has 0 N–H and O–H groups in total. The zero-order valence-corrected chi connectivity index (χ0v) is 18.3. The van der Waals surface area contributed by atoms with Crippen molar-refractivity contribution >= 4 is 39.0 Å². The summed E-state index contributed by atoms with van der Waals surface area (Å²) in [5.74, 6) is 0.596. The predicted octanol–water partition coefficient (Wildman–Crippen LogP) is 3.66. The second-order valence-electron chi connectivity index (χ2n) is 6.48. The number of rotatable bonds is 6. The van der Waals surface area contributed by atoms with Crippen molar-refractivity contribution in [2.24, 2.45) is 0 Å². The Kier molecular flexibility index (Phi) is 7.00. The topological polar surface area (TPSA) is 66.9 Å². The van der Waals surface area contributed by atoms with Crippen LogP contribution in [0.4, 0.5) is 13.2 Å². The van der Waals surface area contributed by atoms with Crippen LogP contribution in [0.3, 0.4) is 0 Å². The first-order valence-corrected chi connectivity index (χ1v) is 12.3. The second kappa shape index (κ2) is 9.16. The Balaban J connectivity index is 1.72. The van der Waals surface area contributed by atoms with Crippen LogP contribution in [0.15, 0.2) is 40.6 Å².